The second-order valence-electron chi connectivity index (χ2n) is 5.19. The van der Waals surface area contributed by atoms with Crippen molar-refractivity contribution >= 4 is 11.8 Å². The van der Waals surface area contributed by atoms with E-state index in [2.05, 4.69) is 22.5 Å². The third kappa shape index (κ3) is 6.02. The molecule has 1 aliphatic heterocycles. The number of hydrogen-bond acceptors (Lipinski definition) is 4. The number of hydrogen-bond donors (Lipinski definition) is 3. The molecule has 1 fully saturated rings. The quantitative estimate of drug-likeness (QED) is 0.557. The summed E-state index contributed by atoms with van der Waals surface area (Å²) in [5, 5.41) is 5.45. The van der Waals surface area contributed by atoms with Gasteiger partial charge in [-0.15, -0.1) is 0 Å². The van der Waals surface area contributed by atoms with E-state index >= 15 is 0 Å². The summed E-state index contributed by atoms with van der Waals surface area (Å²) in [6, 6.07) is 0.268. The molecule has 1 saturated heterocycles. The van der Waals surface area contributed by atoms with E-state index in [1.54, 1.807) is 0 Å². The lowest BCUT2D eigenvalue weighted by molar-refractivity contribution is -0.123. The largest absolute Gasteiger partial charge is 0.355 e. The molecule has 0 spiro atoms. The molecule has 1 heterocycles. The standard InChI is InChI=1S/C13H26N4O2/c1-3-11-8-17(7-4-12(11)14)9-13(19)16-6-5-15-10(2)18/h11-12H,3-9,14H2,1-2H3,(H,15,18)(H,16,19). The number of nitrogens with two attached hydrogens (primary N) is 1. The SMILES string of the molecule is CCC1CN(CC(=O)NCCNC(C)=O)CCC1N. The van der Waals surface area contributed by atoms with Gasteiger partial charge in [-0.25, -0.2) is 0 Å². The highest BCUT2D eigenvalue weighted by molar-refractivity contribution is 5.78. The van der Waals surface area contributed by atoms with Crippen LogP contribution in [0.25, 0.3) is 0 Å². The average molecular weight is 270 g/mol. The van der Waals surface area contributed by atoms with Crippen LogP contribution in [-0.2, 0) is 9.59 Å². The van der Waals surface area contributed by atoms with E-state index in [9.17, 15) is 9.59 Å². The maximum Gasteiger partial charge on any atom is 0.234 e. The van der Waals surface area contributed by atoms with Gasteiger partial charge in [0.1, 0.15) is 0 Å². The Morgan fingerprint density at radius 3 is 2.63 bits per heavy atom. The zero-order chi connectivity index (χ0) is 14.3. The Kier molecular flexibility index (Phi) is 6.80. The summed E-state index contributed by atoms with van der Waals surface area (Å²) in [5.74, 6) is 0.418. The summed E-state index contributed by atoms with van der Waals surface area (Å²) in [6.07, 6.45) is 2.01. The molecule has 1 rings (SSSR count). The topological polar surface area (TPSA) is 87.5 Å². The number of likely N-dealkylation sites (tertiary alicyclic amines) is 1. The first kappa shape index (κ1) is 15.9. The summed E-state index contributed by atoms with van der Waals surface area (Å²) >= 11 is 0. The maximum absolute atomic E-state index is 11.7. The van der Waals surface area contributed by atoms with Crippen LogP contribution in [0.15, 0.2) is 0 Å². The van der Waals surface area contributed by atoms with Gasteiger partial charge in [0.15, 0.2) is 0 Å². The first-order chi connectivity index (χ1) is 9.02. The van der Waals surface area contributed by atoms with Gasteiger partial charge >= 0.3 is 0 Å². The molecule has 0 aliphatic carbocycles. The van der Waals surface area contributed by atoms with Crippen LogP contribution in [0.3, 0.4) is 0 Å². The van der Waals surface area contributed by atoms with Crippen LogP contribution < -0.4 is 16.4 Å². The van der Waals surface area contributed by atoms with E-state index < -0.39 is 0 Å². The Hall–Kier alpha value is -1.14. The normalized spacial score (nSPS) is 23.9. The molecule has 19 heavy (non-hydrogen) atoms. The lowest BCUT2D eigenvalue weighted by Crippen LogP contribution is -2.50. The van der Waals surface area contributed by atoms with Gasteiger partial charge in [-0.2, -0.15) is 0 Å². The molecular weight excluding hydrogens is 244 g/mol. The highest BCUT2D eigenvalue weighted by atomic mass is 16.2. The lowest BCUT2D eigenvalue weighted by atomic mass is 9.91. The smallest absolute Gasteiger partial charge is 0.234 e. The molecular formula is C13H26N4O2. The van der Waals surface area contributed by atoms with Gasteiger partial charge in [0.05, 0.1) is 6.54 Å². The predicted molar refractivity (Wildman–Crippen MR) is 74.5 cm³/mol. The Labute approximate surface area is 115 Å². The third-order valence-corrected chi connectivity index (χ3v) is 3.59. The fourth-order valence-corrected chi connectivity index (χ4v) is 2.40. The van der Waals surface area contributed by atoms with Gasteiger partial charge in [0.2, 0.25) is 11.8 Å². The molecule has 6 heteroatoms. The van der Waals surface area contributed by atoms with Crippen molar-refractivity contribution in [1.82, 2.24) is 15.5 Å². The van der Waals surface area contributed by atoms with Gasteiger partial charge in [-0.05, 0) is 12.3 Å². The van der Waals surface area contributed by atoms with Crippen LogP contribution in [0.1, 0.15) is 26.7 Å². The minimum absolute atomic E-state index is 0.00989. The molecule has 0 saturated carbocycles. The molecule has 2 unspecified atom stereocenters. The summed E-state index contributed by atoms with van der Waals surface area (Å²) in [5.41, 5.74) is 6.04. The van der Waals surface area contributed by atoms with Crippen molar-refractivity contribution in [2.45, 2.75) is 32.7 Å². The number of rotatable bonds is 6. The summed E-state index contributed by atoms with van der Waals surface area (Å²) in [6.45, 7) is 6.76. The van der Waals surface area contributed by atoms with Crippen LogP contribution in [0.4, 0.5) is 0 Å². The summed E-state index contributed by atoms with van der Waals surface area (Å²) < 4.78 is 0. The Bertz CT molecular complexity index is 309. The van der Waals surface area contributed by atoms with Crippen LogP contribution >= 0.6 is 0 Å². The molecule has 0 aromatic rings. The van der Waals surface area contributed by atoms with Gasteiger partial charge in [-0.3, -0.25) is 14.5 Å². The first-order valence-corrected chi connectivity index (χ1v) is 7.02. The van der Waals surface area contributed by atoms with Crippen LogP contribution in [0.2, 0.25) is 0 Å². The Morgan fingerprint density at radius 1 is 1.32 bits per heavy atom. The first-order valence-electron chi connectivity index (χ1n) is 7.02. The van der Waals surface area contributed by atoms with Crippen molar-refractivity contribution in [2.24, 2.45) is 11.7 Å². The van der Waals surface area contributed by atoms with Crippen LogP contribution in [-0.4, -0.2) is 55.5 Å². The summed E-state index contributed by atoms with van der Waals surface area (Å²) in [7, 11) is 0. The monoisotopic (exact) mass is 270 g/mol. The van der Waals surface area contributed by atoms with Gasteiger partial charge in [-0.1, -0.05) is 13.3 Å². The average Bonchev–Trinajstić information content (AvgIpc) is 2.37. The van der Waals surface area contributed by atoms with Crippen molar-refractivity contribution < 1.29 is 9.59 Å². The van der Waals surface area contributed by atoms with E-state index in [1.165, 1.54) is 6.92 Å². The van der Waals surface area contributed by atoms with Crippen LogP contribution in [0, 0.1) is 5.92 Å². The Morgan fingerprint density at radius 2 is 2.00 bits per heavy atom. The van der Waals surface area contributed by atoms with E-state index in [1.807, 2.05) is 0 Å². The van der Waals surface area contributed by atoms with E-state index in [0.29, 0.717) is 25.6 Å². The zero-order valence-electron chi connectivity index (χ0n) is 11.9. The van der Waals surface area contributed by atoms with Crippen molar-refractivity contribution in [3.63, 3.8) is 0 Å². The highest BCUT2D eigenvalue weighted by Crippen LogP contribution is 2.17. The minimum atomic E-state index is -0.0787. The molecule has 0 radical (unpaired) electrons. The number of amides is 2. The van der Waals surface area contributed by atoms with Gasteiger partial charge in [0, 0.05) is 39.1 Å². The third-order valence-electron chi connectivity index (χ3n) is 3.59. The van der Waals surface area contributed by atoms with Gasteiger partial charge < -0.3 is 16.4 Å². The van der Waals surface area contributed by atoms with Crippen molar-refractivity contribution in [1.29, 1.82) is 0 Å². The highest BCUT2D eigenvalue weighted by Gasteiger charge is 2.26. The predicted octanol–water partition coefficient (Wildman–Crippen LogP) is -0.702. The lowest BCUT2D eigenvalue weighted by Gasteiger charge is -2.36. The van der Waals surface area contributed by atoms with Crippen molar-refractivity contribution in [3.8, 4) is 0 Å². The fraction of sp³-hybridized carbons (Fsp3) is 0.846. The molecule has 1 aliphatic rings. The molecule has 2 amide bonds. The second-order valence-corrected chi connectivity index (χ2v) is 5.19. The number of piperidine rings is 1. The number of carbonyl (C=O) groups excluding carboxylic acids is 2. The van der Waals surface area contributed by atoms with Crippen LogP contribution in [0.5, 0.6) is 0 Å². The minimum Gasteiger partial charge on any atom is -0.355 e. The van der Waals surface area contributed by atoms with Gasteiger partial charge in [0.25, 0.3) is 0 Å². The summed E-state index contributed by atoms with van der Waals surface area (Å²) in [4.78, 5) is 24.6. The van der Waals surface area contributed by atoms with E-state index in [4.69, 9.17) is 5.73 Å². The van der Waals surface area contributed by atoms with Crippen molar-refractivity contribution in [2.75, 3.05) is 32.7 Å². The molecule has 0 aromatic heterocycles. The molecule has 110 valence electrons. The molecule has 0 aromatic carbocycles. The maximum atomic E-state index is 11.7. The van der Waals surface area contributed by atoms with E-state index in [0.717, 1.165) is 25.9 Å². The Balaban J connectivity index is 2.19. The zero-order valence-corrected chi connectivity index (χ0v) is 11.9. The number of carbonyl (C=O) groups is 2. The molecule has 0 bridgehead atoms. The molecule has 4 N–H and O–H groups in total. The number of nitrogens with zero attached hydrogens (tertiary/aromatic N) is 1. The van der Waals surface area contributed by atoms with E-state index in [-0.39, 0.29) is 17.9 Å². The number of nitrogens with one attached hydrogen (secondary N) is 2. The van der Waals surface area contributed by atoms with Crippen molar-refractivity contribution in [3.05, 3.63) is 0 Å². The molecule has 6 nitrogen and oxygen atoms in total. The molecule has 2 atom stereocenters. The second kappa shape index (κ2) is 8.12. The fourth-order valence-electron chi connectivity index (χ4n) is 2.40.